The number of hydrogen-bond acceptors (Lipinski definition) is 7. The van der Waals surface area contributed by atoms with E-state index in [1.54, 1.807) is 0 Å². The monoisotopic (exact) mass is 1370 g/mol. The number of nitrogens with zero attached hydrogens (tertiary/aromatic N) is 1. The van der Waals surface area contributed by atoms with E-state index in [4.69, 9.17) is 18.9 Å². The highest BCUT2D eigenvalue weighted by molar-refractivity contribution is 5.71. The number of rotatable bonds is 73. The Morgan fingerprint density at radius 2 is 0.545 bits per heavy atom. The molecule has 0 fully saturated rings. The Labute approximate surface area is 609 Å². The Morgan fingerprint density at radius 1 is 0.303 bits per heavy atom. The summed E-state index contributed by atoms with van der Waals surface area (Å²) in [5.74, 6) is -2.01. The summed E-state index contributed by atoms with van der Waals surface area (Å²) in [5, 5.41) is 9.78. The van der Waals surface area contributed by atoms with Crippen LogP contribution in [-0.4, -0.2) is 87.4 Å². The summed E-state index contributed by atoms with van der Waals surface area (Å²) in [6, 6.07) is 0. The zero-order valence-electron chi connectivity index (χ0n) is 64.3. The average molecular weight is 1370 g/mol. The van der Waals surface area contributed by atoms with Gasteiger partial charge in [0.2, 0.25) is 0 Å². The van der Waals surface area contributed by atoms with E-state index in [-0.39, 0.29) is 32.2 Å². The van der Waals surface area contributed by atoms with E-state index in [1.165, 1.54) is 154 Å². The van der Waals surface area contributed by atoms with Crippen LogP contribution >= 0.6 is 0 Å². The van der Waals surface area contributed by atoms with Crippen LogP contribution in [0.4, 0.5) is 0 Å². The molecule has 99 heavy (non-hydrogen) atoms. The van der Waals surface area contributed by atoms with Crippen LogP contribution < -0.4 is 0 Å². The maximum absolute atomic E-state index is 13.0. The molecule has 0 saturated heterocycles. The number of allylic oxidation sites excluding steroid dienone is 28. The summed E-state index contributed by atoms with van der Waals surface area (Å²) in [4.78, 5) is 37.8. The fraction of sp³-hybridized carbons (Fsp3) is 0.656. The lowest BCUT2D eigenvalue weighted by Gasteiger charge is -2.25. The Balaban J connectivity index is 4.06. The third-order valence-electron chi connectivity index (χ3n) is 17.0. The minimum atomic E-state index is -1.52. The average Bonchev–Trinajstić information content (AvgIpc) is 1.16. The van der Waals surface area contributed by atoms with Gasteiger partial charge in [-0.25, -0.2) is 4.79 Å². The van der Waals surface area contributed by atoms with Gasteiger partial charge >= 0.3 is 17.9 Å². The third-order valence-corrected chi connectivity index (χ3v) is 17.0. The molecule has 2 unspecified atom stereocenters. The van der Waals surface area contributed by atoms with Gasteiger partial charge in [-0.1, -0.05) is 351 Å². The summed E-state index contributed by atoms with van der Waals surface area (Å²) < 4.78 is 23.0. The van der Waals surface area contributed by atoms with Gasteiger partial charge in [0.25, 0.3) is 6.29 Å². The molecule has 0 saturated carbocycles. The highest BCUT2D eigenvalue weighted by atomic mass is 16.7. The zero-order chi connectivity index (χ0) is 71.8. The lowest BCUT2D eigenvalue weighted by atomic mass is 10.0. The molecular weight excluding hydrogens is 1220 g/mol. The van der Waals surface area contributed by atoms with E-state index >= 15 is 0 Å². The lowest BCUT2D eigenvalue weighted by molar-refractivity contribution is -0.870. The number of esters is 2. The molecule has 2 atom stereocenters. The molecule has 1 N–H and O–H groups in total. The molecule has 0 spiro atoms. The molecule has 0 aromatic carbocycles. The first-order valence-electron chi connectivity index (χ1n) is 40.3. The predicted octanol–water partition coefficient (Wildman–Crippen LogP) is 26.1. The molecule has 562 valence electrons. The first kappa shape index (κ1) is 93.6. The van der Waals surface area contributed by atoms with E-state index in [0.717, 1.165) is 135 Å². The Bertz CT molecular complexity index is 2240. The number of hydrogen-bond donors (Lipinski definition) is 1. The van der Waals surface area contributed by atoms with Gasteiger partial charge in [0, 0.05) is 12.8 Å². The lowest BCUT2D eigenvalue weighted by Crippen LogP contribution is -2.40. The van der Waals surface area contributed by atoms with E-state index < -0.39 is 24.3 Å². The van der Waals surface area contributed by atoms with Crippen LogP contribution in [0.3, 0.4) is 0 Å². The van der Waals surface area contributed by atoms with Crippen molar-refractivity contribution in [2.24, 2.45) is 0 Å². The molecule has 0 aliphatic carbocycles. The Morgan fingerprint density at radius 3 is 0.808 bits per heavy atom. The summed E-state index contributed by atoms with van der Waals surface area (Å²) in [7, 11) is 5.98. The van der Waals surface area contributed by atoms with E-state index in [0.29, 0.717) is 23.9 Å². The van der Waals surface area contributed by atoms with Crippen LogP contribution in [0.2, 0.25) is 0 Å². The molecule has 0 aromatic rings. The van der Waals surface area contributed by atoms with Crippen molar-refractivity contribution in [2.75, 3.05) is 47.5 Å². The third kappa shape index (κ3) is 79.8. The van der Waals surface area contributed by atoms with Crippen molar-refractivity contribution < 1.29 is 42.9 Å². The number of ether oxygens (including phenoxy) is 4. The Kier molecular flexibility index (Phi) is 74.1. The van der Waals surface area contributed by atoms with Gasteiger partial charge in [-0.05, 0) is 128 Å². The maximum atomic E-state index is 13.0. The van der Waals surface area contributed by atoms with Crippen LogP contribution in [0, 0.1) is 0 Å². The summed E-state index contributed by atoms with van der Waals surface area (Å²) in [5.41, 5.74) is 0. The zero-order valence-corrected chi connectivity index (χ0v) is 64.3. The van der Waals surface area contributed by atoms with Gasteiger partial charge in [0.15, 0.2) is 6.10 Å². The number of carbonyl (C=O) groups excluding carboxylic acids is 2. The predicted molar refractivity (Wildman–Crippen MR) is 428 cm³/mol. The van der Waals surface area contributed by atoms with Gasteiger partial charge in [-0.3, -0.25) is 9.59 Å². The smallest absolute Gasteiger partial charge is 0.361 e. The van der Waals surface area contributed by atoms with Crippen LogP contribution in [0.15, 0.2) is 170 Å². The fourth-order valence-corrected chi connectivity index (χ4v) is 10.9. The van der Waals surface area contributed by atoms with Gasteiger partial charge in [0.05, 0.1) is 34.4 Å². The second kappa shape index (κ2) is 78.4. The number of aliphatic carboxylic acids is 1. The van der Waals surface area contributed by atoms with Gasteiger partial charge in [-0.15, -0.1) is 0 Å². The molecule has 9 nitrogen and oxygen atoms in total. The van der Waals surface area contributed by atoms with Crippen molar-refractivity contribution in [1.82, 2.24) is 0 Å². The molecule has 0 bridgehead atoms. The first-order chi connectivity index (χ1) is 48.6. The van der Waals surface area contributed by atoms with Crippen LogP contribution in [0.25, 0.3) is 0 Å². The maximum Gasteiger partial charge on any atom is 0.361 e. The molecule has 0 amide bonds. The highest BCUT2D eigenvalue weighted by Crippen LogP contribution is 2.18. The van der Waals surface area contributed by atoms with Crippen LogP contribution in [0.1, 0.15) is 322 Å². The quantitative estimate of drug-likeness (QED) is 0.0211. The molecule has 0 radical (unpaired) electrons. The SMILES string of the molecule is CC/C=C\C/C=C\C/C=C\C/C=C\C/C=C\C/C=C\C/C=C\C/C=C\CCCCCCCCCCCCC(=O)OC(COC(=O)CCCCCCCCCCCCCCCCCCCCCC/C=C\C/C=C\C/C=C\C/C=C\C/C=C\C/C=C\CC)COC(OCC[N+](C)(C)C)C(=O)O. The van der Waals surface area contributed by atoms with Crippen molar-refractivity contribution in [3.05, 3.63) is 170 Å². The molecule has 0 heterocycles. The summed E-state index contributed by atoms with van der Waals surface area (Å²) in [6.07, 6.45) is 115. The van der Waals surface area contributed by atoms with E-state index in [9.17, 15) is 19.5 Å². The van der Waals surface area contributed by atoms with Crippen molar-refractivity contribution in [3.8, 4) is 0 Å². The number of quaternary nitrogens is 1. The van der Waals surface area contributed by atoms with Crippen molar-refractivity contribution in [2.45, 2.75) is 334 Å². The number of carboxylic acid groups (broad SMARTS) is 1. The van der Waals surface area contributed by atoms with E-state index in [1.807, 2.05) is 21.1 Å². The van der Waals surface area contributed by atoms with Gasteiger partial charge in [-0.2, -0.15) is 0 Å². The van der Waals surface area contributed by atoms with Crippen molar-refractivity contribution >= 4 is 17.9 Å². The minimum absolute atomic E-state index is 0.181. The number of carboxylic acids is 1. The van der Waals surface area contributed by atoms with Crippen molar-refractivity contribution in [3.63, 3.8) is 0 Å². The topological polar surface area (TPSA) is 108 Å². The summed E-state index contributed by atoms with van der Waals surface area (Å²) in [6.45, 7) is 4.66. The number of carbonyl (C=O) groups is 3. The normalized spacial score (nSPS) is 13.6. The number of likely N-dealkylation sites (N-methyl/N-ethyl adjacent to an activating group) is 1. The molecule has 0 aromatic heterocycles. The molecule has 0 rings (SSSR count). The fourth-order valence-electron chi connectivity index (χ4n) is 10.9. The Hall–Kier alpha value is -5.35. The largest absolute Gasteiger partial charge is 0.477 e. The summed E-state index contributed by atoms with van der Waals surface area (Å²) >= 11 is 0. The van der Waals surface area contributed by atoms with Crippen LogP contribution in [0.5, 0.6) is 0 Å². The standard InChI is InChI=1S/C90H149NO8/c1-6-8-10-12-14-16-18-20-22-24-26-28-30-32-34-36-38-40-42-43-44-45-47-48-50-52-54-56-58-60-62-64-66-68-70-72-74-76-78-80-87(92)97-84-86(85-98-90(89(94)95)96-83-82-91(3,4)5)99-88(93)81-79-77-75-73-71-69-67-65-63-61-59-57-55-53-51-49-46-41-39-37-35-33-31-29-27-25-23-21-19-17-15-13-11-9-7-2/h8-11,14-17,20-23,26-29,32-35,38-41,49,51,55,57,86,90H,6-7,12-13,18-19,24-25,30-31,36-37,42-48,50,52-54,56,58-85H2,1-5H3/p+1/b10-8-,11-9-,16-14-,17-15-,22-20-,23-21-,28-26-,29-27-,34-32-,35-33-,40-38-,41-39-,51-49-,57-55-. The molecular formula is C90H150NO8+. The molecule has 0 aliphatic heterocycles. The van der Waals surface area contributed by atoms with Crippen molar-refractivity contribution in [1.29, 1.82) is 0 Å². The van der Waals surface area contributed by atoms with Gasteiger partial charge in [0.1, 0.15) is 13.2 Å². The highest BCUT2D eigenvalue weighted by Gasteiger charge is 2.25. The van der Waals surface area contributed by atoms with Crippen LogP contribution in [-0.2, 0) is 33.3 Å². The first-order valence-corrected chi connectivity index (χ1v) is 40.3. The second-order valence-electron chi connectivity index (χ2n) is 27.6. The molecule has 0 aliphatic rings. The number of unbranched alkanes of at least 4 members (excludes halogenated alkanes) is 30. The minimum Gasteiger partial charge on any atom is -0.477 e. The molecule has 9 heteroatoms. The second-order valence-corrected chi connectivity index (χ2v) is 27.6. The van der Waals surface area contributed by atoms with Gasteiger partial charge < -0.3 is 28.5 Å². The van der Waals surface area contributed by atoms with E-state index in [2.05, 4.69) is 184 Å².